The number of aromatic nitrogens is 2. The second-order valence-electron chi connectivity index (χ2n) is 4.95. The molecule has 0 radical (unpaired) electrons. The van der Waals surface area contributed by atoms with E-state index in [1.807, 2.05) is 54.6 Å². The Morgan fingerprint density at radius 1 is 0.952 bits per heavy atom. The summed E-state index contributed by atoms with van der Waals surface area (Å²) in [4.78, 5) is 16.9. The van der Waals surface area contributed by atoms with E-state index in [-0.39, 0.29) is 5.56 Å². The van der Waals surface area contributed by atoms with Crippen LogP contribution in [-0.2, 0) is 7.05 Å². The predicted octanol–water partition coefficient (Wildman–Crippen LogP) is 3.35. The summed E-state index contributed by atoms with van der Waals surface area (Å²) in [6, 6.07) is 17.1. The lowest BCUT2D eigenvalue weighted by atomic mass is 10.1. The third-order valence-corrected chi connectivity index (χ3v) is 3.65. The second kappa shape index (κ2) is 4.31. The summed E-state index contributed by atoms with van der Waals surface area (Å²) in [5, 5.41) is 1.47. The molecule has 2 heterocycles. The Bertz CT molecular complexity index is 1010. The van der Waals surface area contributed by atoms with Crippen LogP contribution in [-0.4, -0.2) is 9.55 Å². The lowest BCUT2D eigenvalue weighted by molar-refractivity contribution is 0.584. The Morgan fingerprint density at radius 3 is 2.38 bits per heavy atom. The van der Waals surface area contributed by atoms with Gasteiger partial charge in [0.1, 0.15) is 5.52 Å². The van der Waals surface area contributed by atoms with Crippen LogP contribution in [0.2, 0.25) is 0 Å². The van der Waals surface area contributed by atoms with Crippen LogP contribution in [0.5, 0.6) is 0 Å². The van der Waals surface area contributed by atoms with Crippen molar-refractivity contribution in [3.63, 3.8) is 0 Å². The molecule has 0 spiro atoms. The van der Waals surface area contributed by atoms with Crippen LogP contribution < -0.4 is 5.56 Å². The Hall–Kier alpha value is -2.88. The van der Waals surface area contributed by atoms with Gasteiger partial charge in [-0.15, -0.1) is 0 Å². The highest BCUT2D eigenvalue weighted by Crippen LogP contribution is 2.27. The number of aryl methyl sites for hydroxylation is 1. The Balaban J connectivity index is 2.15. The topological polar surface area (TPSA) is 48.0 Å². The average Bonchev–Trinajstić information content (AvgIpc) is 2.99. The van der Waals surface area contributed by atoms with Gasteiger partial charge >= 0.3 is 0 Å². The van der Waals surface area contributed by atoms with E-state index in [1.165, 1.54) is 4.57 Å². The van der Waals surface area contributed by atoms with Gasteiger partial charge in [-0.2, -0.15) is 0 Å². The van der Waals surface area contributed by atoms with E-state index in [9.17, 15) is 4.79 Å². The smallest absolute Gasteiger partial charge is 0.261 e. The molecule has 21 heavy (non-hydrogen) atoms. The molecule has 102 valence electrons. The van der Waals surface area contributed by atoms with Gasteiger partial charge in [-0.3, -0.25) is 9.36 Å². The molecule has 0 aliphatic heterocycles. The van der Waals surface area contributed by atoms with Crippen LogP contribution in [0, 0.1) is 0 Å². The molecule has 0 N–H and O–H groups in total. The molecule has 0 saturated heterocycles. The monoisotopic (exact) mass is 276 g/mol. The highest BCUT2D eigenvalue weighted by atomic mass is 16.4. The van der Waals surface area contributed by atoms with Crippen LogP contribution in [0.25, 0.3) is 33.5 Å². The molecule has 0 amide bonds. The van der Waals surface area contributed by atoms with Crippen LogP contribution >= 0.6 is 0 Å². The molecule has 0 unspecified atom stereocenters. The van der Waals surface area contributed by atoms with Gasteiger partial charge in [-0.1, -0.05) is 36.4 Å². The minimum Gasteiger partial charge on any atom is -0.419 e. The van der Waals surface area contributed by atoms with Crippen molar-refractivity contribution in [2.75, 3.05) is 0 Å². The molecular formula is C17H12N2O2. The largest absolute Gasteiger partial charge is 0.419 e. The number of oxazole rings is 1. The standard InChI is InChI=1S/C17H12N2O2/c1-19-16(20)13-10-6-5-9-12(13)14-17(19)21-15(18-14)11-7-3-2-4-8-11/h2-10H,1H3. The van der Waals surface area contributed by atoms with E-state index in [1.54, 1.807) is 7.05 Å². The predicted molar refractivity (Wildman–Crippen MR) is 82.2 cm³/mol. The van der Waals surface area contributed by atoms with Crippen molar-refractivity contribution in [3.05, 3.63) is 65.0 Å². The third-order valence-electron chi connectivity index (χ3n) is 3.65. The first kappa shape index (κ1) is 11.9. The van der Waals surface area contributed by atoms with E-state index < -0.39 is 0 Å². The summed E-state index contributed by atoms with van der Waals surface area (Å²) in [6.45, 7) is 0. The number of benzene rings is 2. The van der Waals surface area contributed by atoms with Crippen molar-refractivity contribution < 1.29 is 4.42 Å². The average molecular weight is 276 g/mol. The minimum absolute atomic E-state index is 0.0751. The summed E-state index contributed by atoms with van der Waals surface area (Å²) >= 11 is 0. The molecule has 4 nitrogen and oxygen atoms in total. The zero-order valence-corrected chi connectivity index (χ0v) is 11.4. The van der Waals surface area contributed by atoms with Gasteiger partial charge in [-0.05, 0) is 18.2 Å². The first-order valence-corrected chi connectivity index (χ1v) is 6.69. The highest BCUT2D eigenvalue weighted by Gasteiger charge is 2.15. The van der Waals surface area contributed by atoms with Crippen molar-refractivity contribution >= 4 is 22.0 Å². The Morgan fingerprint density at radius 2 is 1.62 bits per heavy atom. The highest BCUT2D eigenvalue weighted by molar-refractivity contribution is 6.02. The molecule has 0 fully saturated rings. The molecule has 0 bridgehead atoms. The van der Waals surface area contributed by atoms with Gasteiger partial charge < -0.3 is 4.42 Å². The lowest BCUT2D eigenvalue weighted by Gasteiger charge is -2.01. The van der Waals surface area contributed by atoms with Crippen molar-refractivity contribution in [2.24, 2.45) is 7.05 Å². The molecule has 2 aromatic heterocycles. The number of nitrogens with zero attached hydrogens (tertiary/aromatic N) is 2. The maximum absolute atomic E-state index is 12.4. The minimum atomic E-state index is -0.0751. The summed E-state index contributed by atoms with van der Waals surface area (Å²) in [6.07, 6.45) is 0. The fourth-order valence-electron chi connectivity index (χ4n) is 2.57. The number of fused-ring (bicyclic) bond motifs is 3. The normalized spacial score (nSPS) is 11.3. The van der Waals surface area contributed by atoms with Crippen molar-refractivity contribution in [1.82, 2.24) is 9.55 Å². The lowest BCUT2D eigenvalue weighted by Crippen LogP contribution is -2.16. The molecule has 4 aromatic rings. The molecule has 4 heteroatoms. The van der Waals surface area contributed by atoms with Gasteiger partial charge in [0.25, 0.3) is 5.56 Å². The molecular weight excluding hydrogens is 264 g/mol. The van der Waals surface area contributed by atoms with Crippen molar-refractivity contribution in [1.29, 1.82) is 0 Å². The fourth-order valence-corrected chi connectivity index (χ4v) is 2.57. The molecule has 0 aliphatic rings. The SMILES string of the molecule is Cn1c(=O)c2ccccc2c2nc(-c3ccccc3)oc21. The van der Waals surface area contributed by atoms with Crippen molar-refractivity contribution in [3.8, 4) is 11.5 Å². The van der Waals surface area contributed by atoms with E-state index in [0.717, 1.165) is 10.9 Å². The molecule has 0 saturated carbocycles. The third kappa shape index (κ3) is 1.69. The van der Waals surface area contributed by atoms with Gasteiger partial charge in [0.15, 0.2) is 0 Å². The number of rotatable bonds is 1. The van der Waals surface area contributed by atoms with Crippen LogP contribution in [0.1, 0.15) is 0 Å². The van der Waals surface area contributed by atoms with E-state index in [0.29, 0.717) is 22.5 Å². The second-order valence-corrected chi connectivity index (χ2v) is 4.95. The van der Waals surface area contributed by atoms with Crippen LogP contribution in [0.15, 0.2) is 63.8 Å². The quantitative estimate of drug-likeness (QED) is 0.535. The zero-order chi connectivity index (χ0) is 14.4. The fraction of sp³-hybridized carbons (Fsp3) is 0.0588. The molecule has 0 aliphatic carbocycles. The Labute approximate surface area is 120 Å². The van der Waals surface area contributed by atoms with Crippen molar-refractivity contribution in [2.45, 2.75) is 0 Å². The van der Waals surface area contributed by atoms with Crippen LogP contribution in [0.3, 0.4) is 0 Å². The van der Waals surface area contributed by atoms with Crippen LogP contribution in [0.4, 0.5) is 0 Å². The first-order valence-electron chi connectivity index (χ1n) is 6.69. The summed E-state index contributed by atoms with van der Waals surface area (Å²) < 4.78 is 7.34. The van der Waals surface area contributed by atoms with E-state index in [4.69, 9.17) is 4.42 Å². The molecule has 4 rings (SSSR count). The number of pyridine rings is 1. The summed E-state index contributed by atoms with van der Waals surface area (Å²) in [5.41, 5.74) is 2.03. The maximum Gasteiger partial charge on any atom is 0.261 e. The van der Waals surface area contributed by atoms with Gasteiger partial charge in [0.2, 0.25) is 11.6 Å². The zero-order valence-electron chi connectivity index (χ0n) is 11.4. The molecule has 2 aromatic carbocycles. The summed E-state index contributed by atoms with van der Waals surface area (Å²) in [5.74, 6) is 0.525. The van der Waals surface area contributed by atoms with Gasteiger partial charge in [0, 0.05) is 23.4 Å². The summed E-state index contributed by atoms with van der Waals surface area (Å²) in [7, 11) is 1.71. The van der Waals surface area contributed by atoms with Gasteiger partial charge in [0.05, 0.1) is 0 Å². The van der Waals surface area contributed by atoms with Gasteiger partial charge in [-0.25, -0.2) is 4.98 Å². The number of hydrogen-bond donors (Lipinski definition) is 0. The van der Waals surface area contributed by atoms with E-state index >= 15 is 0 Å². The first-order chi connectivity index (χ1) is 10.3. The Kier molecular flexibility index (Phi) is 2.44. The van der Waals surface area contributed by atoms with E-state index in [2.05, 4.69) is 4.98 Å². The molecule has 0 atom stereocenters. The number of hydrogen-bond acceptors (Lipinski definition) is 3. The maximum atomic E-state index is 12.4.